The monoisotopic (exact) mass is 208 g/mol. The largest absolute Gasteiger partial charge is 0.365 e. The topological polar surface area (TPSA) is 12.5 Å². The van der Waals surface area contributed by atoms with E-state index in [0.717, 1.165) is 12.8 Å². The maximum Gasteiger partial charge on any atom is 0.102 e. The molecule has 1 unspecified atom stereocenters. The number of unbranched alkanes of at least 4 members (excludes halogenated alkanes) is 3. The van der Waals surface area contributed by atoms with E-state index in [1.54, 1.807) is 0 Å². The van der Waals surface area contributed by atoms with Crippen molar-refractivity contribution in [3.05, 3.63) is 25.3 Å². The Balaban J connectivity index is 2.21. The predicted molar refractivity (Wildman–Crippen MR) is 66.0 cm³/mol. The molecule has 0 N–H and O–H groups in total. The van der Waals surface area contributed by atoms with E-state index in [2.05, 4.69) is 20.1 Å². The highest BCUT2D eigenvalue weighted by atomic mass is 16.6. The number of ether oxygens (including phenoxy) is 1. The molecule has 0 aromatic carbocycles. The third-order valence-electron chi connectivity index (χ3n) is 3.21. The van der Waals surface area contributed by atoms with Gasteiger partial charge in [-0.2, -0.15) is 0 Å². The third-order valence-corrected chi connectivity index (χ3v) is 3.21. The van der Waals surface area contributed by atoms with Crippen molar-refractivity contribution < 1.29 is 4.74 Å². The molecule has 1 aliphatic rings. The van der Waals surface area contributed by atoms with Crippen molar-refractivity contribution in [1.82, 2.24) is 0 Å². The molecule has 1 fully saturated rings. The van der Waals surface area contributed by atoms with Crippen molar-refractivity contribution in [1.29, 1.82) is 0 Å². The second kappa shape index (κ2) is 6.12. The summed E-state index contributed by atoms with van der Waals surface area (Å²) in [6, 6.07) is 0. The number of epoxide rings is 1. The molecule has 0 saturated carbocycles. The van der Waals surface area contributed by atoms with E-state index in [1.165, 1.54) is 32.1 Å². The smallest absolute Gasteiger partial charge is 0.102 e. The molecule has 1 atom stereocenters. The lowest BCUT2D eigenvalue weighted by molar-refractivity contribution is 0.291. The van der Waals surface area contributed by atoms with Gasteiger partial charge in [0.25, 0.3) is 0 Å². The molecule has 0 spiro atoms. The summed E-state index contributed by atoms with van der Waals surface area (Å²) in [6.45, 7) is 9.84. The van der Waals surface area contributed by atoms with Gasteiger partial charge in [0.15, 0.2) is 0 Å². The molecule has 1 nitrogen and oxygen atoms in total. The van der Waals surface area contributed by atoms with Gasteiger partial charge in [-0.15, -0.1) is 13.2 Å². The molecule has 0 aliphatic carbocycles. The quantitative estimate of drug-likeness (QED) is 0.313. The number of hydrogen-bond acceptors (Lipinski definition) is 1. The minimum Gasteiger partial charge on any atom is -0.365 e. The molecule has 0 bridgehead atoms. The molecule has 1 rings (SSSR count). The lowest BCUT2D eigenvalue weighted by Gasteiger charge is -2.06. The second-order valence-corrected chi connectivity index (χ2v) is 4.51. The first-order valence-corrected chi connectivity index (χ1v) is 6.18. The van der Waals surface area contributed by atoms with Crippen LogP contribution in [0.1, 0.15) is 51.9 Å². The van der Waals surface area contributed by atoms with Crippen LogP contribution < -0.4 is 0 Å². The molecule has 0 amide bonds. The Morgan fingerprint density at radius 1 is 1.13 bits per heavy atom. The van der Waals surface area contributed by atoms with E-state index >= 15 is 0 Å². The molecule has 15 heavy (non-hydrogen) atoms. The molecule has 1 saturated heterocycles. The third kappa shape index (κ3) is 3.49. The molecular formula is C14H24O. The van der Waals surface area contributed by atoms with Crippen molar-refractivity contribution in [3.8, 4) is 0 Å². The van der Waals surface area contributed by atoms with Crippen LogP contribution in [0.15, 0.2) is 25.3 Å². The highest BCUT2D eigenvalue weighted by Gasteiger charge is 2.53. The molecule has 1 heteroatoms. The van der Waals surface area contributed by atoms with Crippen molar-refractivity contribution >= 4 is 0 Å². The van der Waals surface area contributed by atoms with E-state index in [4.69, 9.17) is 4.74 Å². The van der Waals surface area contributed by atoms with Crippen LogP contribution in [0.5, 0.6) is 0 Å². The van der Waals surface area contributed by atoms with Crippen LogP contribution in [-0.2, 0) is 4.74 Å². The van der Waals surface area contributed by atoms with Gasteiger partial charge in [0.2, 0.25) is 0 Å². The highest BCUT2D eigenvalue weighted by molar-refractivity contribution is 5.08. The summed E-state index contributed by atoms with van der Waals surface area (Å²) >= 11 is 0. The Kier molecular flexibility index (Phi) is 5.10. The van der Waals surface area contributed by atoms with E-state index in [1.807, 2.05) is 12.2 Å². The predicted octanol–water partition coefficient (Wildman–Crippen LogP) is 4.25. The van der Waals surface area contributed by atoms with E-state index in [0.29, 0.717) is 6.10 Å². The highest BCUT2D eigenvalue weighted by Crippen LogP contribution is 2.46. The Bertz CT molecular complexity index is 197. The average molecular weight is 208 g/mol. The zero-order valence-corrected chi connectivity index (χ0v) is 10.0. The second-order valence-electron chi connectivity index (χ2n) is 4.51. The Morgan fingerprint density at radius 3 is 2.33 bits per heavy atom. The fourth-order valence-electron chi connectivity index (χ4n) is 2.26. The van der Waals surface area contributed by atoms with Crippen molar-refractivity contribution in [3.63, 3.8) is 0 Å². The standard InChI is InChI=1S/C14H24O/c1-4-7-8-9-10-13-14(15-13,11-5-2)12-6-3/h5-6,13H,2-4,7-12H2,1H3. The van der Waals surface area contributed by atoms with Gasteiger partial charge in [0, 0.05) is 0 Å². The van der Waals surface area contributed by atoms with Crippen LogP contribution in [0.25, 0.3) is 0 Å². The fraction of sp³-hybridized carbons (Fsp3) is 0.714. The van der Waals surface area contributed by atoms with Gasteiger partial charge >= 0.3 is 0 Å². The van der Waals surface area contributed by atoms with Gasteiger partial charge in [-0.05, 0) is 19.3 Å². The summed E-state index contributed by atoms with van der Waals surface area (Å²) in [5, 5.41) is 0. The average Bonchev–Trinajstić information content (AvgIpc) is 2.88. The summed E-state index contributed by atoms with van der Waals surface area (Å²) in [4.78, 5) is 0. The first-order valence-electron chi connectivity index (χ1n) is 6.18. The van der Waals surface area contributed by atoms with E-state index in [9.17, 15) is 0 Å². The summed E-state index contributed by atoms with van der Waals surface area (Å²) in [6.07, 6.45) is 12.8. The Hall–Kier alpha value is -0.560. The molecular weight excluding hydrogens is 184 g/mol. The Labute approximate surface area is 94.2 Å². The van der Waals surface area contributed by atoms with Crippen LogP contribution in [0, 0.1) is 0 Å². The van der Waals surface area contributed by atoms with Crippen LogP contribution in [-0.4, -0.2) is 11.7 Å². The lowest BCUT2D eigenvalue weighted by atomic mass is 9.94. The summed E-state index contributed by atoms with van der Waals surface area (Å²) in [5.41, 5.74) is 0.0791. The van der Waals surface area contributed by atoms with Crippen molar-refractivity contribution in [2.24, 2.45) is 0 Å². The van der Waals surface area contributed by atoms with Crippen LogP contribution in [0.3, 0.4) is 0 Å². The molecule has 0 aromatic heterocycles. The molecule has 1 aliphatic heterocycles. The number of rotatable bonds is 9. The zero-order valence-electron chi connectivity index (χ0n) is 10.0. The maximum absolute atomic E-state index is 5.82. The van der Waals surface area contributed by atoms with Crippen molar-refractivity contribution in [2.75, 3.05) is 0 Å². The fourth-order valence-corrected chi connectivity index (χ4v) is 2.26. The Morgan fingerprint density at radius 2 is 1.80 bits per heavy atom. The van der Waals surface area contributed by atoms with Gasteiger partial charge in [-0.3, -0.25) is 0 Å². The maximum atomic E-state index is 5.82. The molecule has 0 radical (unpaired) electrons. The van der Waals surface area contributed by atoms with E-state index in [-0.39, 0.29) is 5.60 Å². The number of hydrogen-bond donors (Lipinski definition) is 0. The summed E-state index contributed by atoms with van der Waals surface area (Å²) < 4.78 is 5.82. The van der Waals surface area contributed by atoms with E-state index < -0.39 is 0 Å². The normalized spacial score (nSPS) is 22.3. The first kappa shape index (κ1) is 12.5. The first-order chi connectivity index (χ1) is 7.29. The lowest BCUT2D eigenvalue weighted by Crippen LogP contribution is -2.13. The van der Waals surface area contributed by atoms with Crippen molar-refractivity contribution in [2.45, 2.75) is 63.6 Å². The minimum atomic E-state index is 0.0791. The van der Waals surface area contributed by atoms with Crippen LogP contribution in [0.4, 0.5) is 0 Å². The SMILES string of the molecule is C=CCC1(CC=C)OC1CCCCCC. The van der Waals surface area contributed by atoms with Gasteiger partial charge in [-0.25, -0.2) is 0 Å². The van der Waals surface area contributed by atoms with Crippen LogP contribution >= 0.6 is 0 Å². The summed E-state index contributed by atoms with van der Waals surface area (Å²) in [5.74, 6) is 0. The zero-order chi connectivity index (χ0) is 11.1. The van der Waals surface area contributed by atoms with Gasteiger partial charge in [0.05, 0.1) is 6.10 Å². The van der Waals surface area contributed by atoms with Crippen LogP contribution in [0.2, 0.25) is 0 Å². The molecule has 86 valence electrons. The minimum absolute atomic E-state index is 0.0791. The molecule has 1 heterocycles. The van der Waals surface area contributed by atoms with Gasteiger partial charge < -0.3 is 4.74 Å². The van der Waals surface area contributed by atoms with Gasteiger partial charge in [-0.1, -0.05) is 44.8 Å². The summed E-state index contributed by atoms with van der Waals surface area (Å²) in [7, 11) is 0. The molecule has 0 aromatic rings. The van der Waals surface area contributed by atoms with Gasteiger partial charge in [0.1, 0.15) is 5.60 Å².